The fraction of sp³-hybridized carbons (Fsp3) is 0.480. The van der Waals surface area contributed by atoms with Crippen LogP contribution < -0.4 is 43.4 Å². The maximum Gasteiger partial charge on any atom is 0.326 e. The van der Waals surface area contributed by atoms with Crippen molar-refractivity contribution in [3.63, 3.8) is 0 Å². The number of amides is 6. The molecule has 4 rings (SSSR count). The average molecular weight is 939 g/mol. The lowest BCUT2D eigenvalue weighted by Crippen LogP contribution is -2.61. The lowest BCUT2D eigenvalue weighted by molar-refractivity contribution is -0.143. The molecular weight excluding hydrogens is 869 g/mol. The van der Waals surface area contributed by atoms with E-state index in [1.165, 1.54) is 0 Å². The summed E-state index contributed by atoms with van der Waals surface area (Å²) < 4.78 is 0. The molecule has 18 nitrogen and oxygen atoms in total. The number of H-pyrrole nitrogens is 1. The van der Waals surface area contributed by atoms with Gasteiger partial charge in [0.1, 0.15) is 36.3 Å². The lowest BCUT2D eigenvalue weighted by atomic mass is 9.98. The smallest absolute Gasteiger partial charge is 0.326 e. The van der Waals surface area contributed by atoms with Crippen molar-refractivity contribution >= 4 is 52.3 Å². The van der Waals surface area contributed by atoms with Gasteiger partial charge in [-0.3, -0.25) is 33.8 Å². The van der Waals surface area contributed by atoms with Gasteiger partial charge in [-0.25, -0.2) is 4.79 Å². The maximum absolute atomic E-state index is 14.4. The molecule has 68 heavy (non-hydrogen) atoms. The summed E-state index contributed by atoms with van der Waals surface area (Å²) in [5.74, 6) is -6.25. The summed E-state index contributed by atoms with van der Waals surface area (Å²) in [6.45, 7) is 10.8. The molecule has 0 saturated heterocycles. The van der Waals surface area contributed by atoms with Gasteiger partial charge in [-0.1, -0.05) is 96.1 Å². The number of carbonyl (C=O) groups is 7. The van der Waals surface area contributed by atoms with Crippen molar-refractivity contribution in [3.8, 4) is 0 Å². The summed E-state index contributed by atoms with van der Waals surface area (Å²) in [4.78, 5) is 103. The summed E-state index contributed by atoms with van der Waals surface area (Å²) in [6.07, 6.45) is 6.51. The van der Waals surface area contributed by atoms with Crippen LogP contribution in [-0.4, -0.2) is 105 Å². The van der Waals surface area contributed by atoms with Crippen LogP contribution in [0.2, 0.25) is 0 Å². The minimum absolute atomic E-state index is 0.0327. The van der Waals surface area contributed by atoms with Crippen molar-refractivity contribution in [2.45, 2.75) is 129 Å². The molecule has 0 aliphatic carbocycles. The van der Waals surface area contributed by atoms with Crippen LogP contribution in [-0.2, 0) is 52.8 Å². The second kappa shape index (κ2) is 26.6. The maximum atomic E-state index is 14.4. The molecule has 0 aliphatic heterocycles. The SMILES string of the molecule is CC(C)C[C@@H](NC(=O)[C@@H](CCCCN)NC(=O)[C@H](NC(=O)[C@H](NC(=O)[C@H](Cc1cccnc1)NC(=O)[C@@H](Cc1ccccc1)NC(=O)[C@H](N)Cc1c[nH]c2ccccc12)C(C)C)C(C)C)C(=O)O. The molecule has 0 bridgehead atoms. The Morgan fingerprint density at radius 1 is 0.603 bits per heavy atom. The Hall–Kier alpha value is -6.66. The van der Waals surface area contributed by atoms with Crippen molar-refractivity contribution in [3.05, 3.63) is 102 Å². The fourth-order valence-corrected chi connectivity index (χ4v) is 7.76. The molecule has 18 heteroatoms. The summed E-state index contributed by atoms with van der Waals surface area (Å²) >= 11 is 0. The van der Waals surface area contributed by atoms with Crippen molar-refractivity contribution in [2.24, 2.45) is 29.2 Å². The van der Waals surface area contributed by atoms with E-state index in [0.29, 0.717) is 24.9 Å². The number of fused-ring (bicyclic) bond motifs is 1. The van der Waals surface area contributed by atoms with Crippen molar-refractivity contribution in [2.75, 3.05) is 6.54 Å². The molecule has 0 spiro atoms. The highest BCUT2D eigenvalue weighted by atomic mass is 16.4. The number of aromatic amines is 1. The Morgan fingerprint density at radius 3 is 1.74 bits per heavy atom. The fourth-order valence-electron chi connectivity index (χ4n) is 7.76. The number of aromatic nitrogens is 2. The number of hydrogen-bond acceptors (Lipinski definition) is 10. The van der Waals surface area contributed by atoms with Crippen LogP contribution in [0.5, 0.6) is 0 Å². The second-order valence-electron chi connectivity index (χ2n) is 18.4. The first-order chi connectivity index (χ1) is 32.4. The average Bonchev–Trinajstić information content (AvgIpc) is 3.71. The van der Waals surface area contributed by atoms with Gasteiger partial charge in [0.15, 0.2) is 0 Å². The number of benzene rings is 2. The number of nitrogens with two attached hydrogens (primary N) is 2. The van der Waals surface area contributed by atoms with E-state index in [2.05, 4.69) is 41.9 Å². The van der Waals surface area contributed by atoms with E-state index in [1.54, 1.807) is 58.4 Å². The number of pyridine rings is 1. The van der Waals surface area contributed by atoms with Gasteiger partial charge in [-0.15, -0.1) is 0 Å². The van der Waals surface area contributed by atoms with Gasteiger partial charge in [-0.2, -0.15) is 0 Å². The topological polar surface area (TPSA) is 293 Å². The monoisotopic (exact) mass is 939 g/mol. The molecule has 0 fully saturated rings. The van der Waals surface area contributed by atoms with Gasteiger partial charge in [0.25, 0.3) is 0 Å². The second-order valence-corrected chi connectivity index (χ2v) is 18.4. The number of hydrogen-bond donors (Lipinski definition) is 10. The zero-order chi connectivity index (χ0) is 49.9. The van der Waals surface area contributed by atoms with Crippen molar-refractivity contribution in [1.29, 1.82) is 0 Å². The number of nitrogens with zero attached hydrogens (tertiary/aromatic N) is 1. The van der Waals surface area contributed by atoms with E-state index in [-0.39, 0.29) is 38.0 Å². The van der Waals surface area contributed by atoms with Gasteiger partial charge in [-0.05, 0) is 85.2 Å². The minimum Gasteiger partial charge on any atom is -0.480 e. The molecule has 0 unspecified atom stereocenters. The van der Waals surface area contributed by atoms with Crippen molar-refractivity contribution in [1.82, 2.24) is 41.9 Å². The normalized spacial score (nSPS) is 14.5. The molecule has 2 aromatic carbocycles. The number of unbranched alkanes of at least 4 members (excludes halogenated alkanes) is 1. The molecule has 368 valence electrons. The highest BCUT2D eigenvalue weighted by Gasteiger charge is 2.36. The van der Waals surface area contributed by atoms with Gasteiger partial charge in [0.2, 0.25) is 35.4 Å². The number of para-hydroxylation sites is 1. The van der Waals surface area contributed by atoms with Gasteiger partial charge >= 0.3 is 5.97 Å². The zero-order valence-corrected chi connectivity index (χ0v) is 39.9. The zero-order valence-electron chi connectivity index (χ0n) is 39.9. The summed E-state index contributed by atoms with van der Waals surface area (Å²) in [7, 11) is 0. The van der Waals surface area contributed by atoms with Crippen molar-refractivity contribution < 1.29 is 38.7 Å². The Kier molecular flexibility index (Phi) is 21.1. The molecular formula is C50H70N10O8. The quantitative estimate of drug-likeness (QED) is 0.0388. The first-order valence-corrected chi connectivity index (χ1v) is 23.4. The number of carboxylic acid groups (broad SMARTS) is 1. The van der Waals surface area contributed by atoms with Crippen LogP contribution in [0.15, 0.2) is 85.3 Å². The largest absolute Gasteiger partial charge is 0.480 e. The van der Waals surface area contributed by atoms with Gasteiger partial charge in [0, 0.05) is 42.3 Å². The third kappa shape index (κ3) is 16.6. The molecule has 7 atom stereocenters. The Balaban J connectivity index is 1.54. The number of carboxylic acids is 1. The molecule has 2 aromatic heterocycles. The summed E-state index contributed by atoms with van der Waals surface area (Å²) in [6, 6.07) is 12.0. The number of carbonyl (C=O) groups excluding carboxylic acids is 6. The van der Waals surface area contributed by atoms with Gasteiger partial charge < -0.3 is 53.5 Å². The van der Waals surface area contributed by atoms with Crippen LogP contribution in [0.1, 0.15) is 83.9 Å². The van der Waals surface area contributed by atoms with Crippen LogP contribution in [0.3, 0.4) is 0 Å². The third-order valence-electron chi connectivity index (χ3n) is 11.6. The molecule has 0 radical (unpaired) electrons. The Morgan fingerprint density at radius 2 is 1.13 bits per heavy atom. The Bertz CT molecular complexity index is 2290. The Labute approximate surface area is 398 Å². The molecule has 0 saturated carbocycles. The molecule has 6 amide bonds. The van der Waals surface area contributed by atoms with Crippen LogP contribution in [0.25, 0.3) is 10.9 Å². The van der Waals surface area contributed by atoms with Crippen LogP contribution >= 0.6 is 0 Å². The predicted octanol–water partition coefficient (Wildman–Crippen LogP) is 2.40. The van der Waals surface area contributed by atoms with Crippen LogP contribution in [0.4, 0.5) is 0 Å². The summed E-state index contributed by atoms with van der Waals surface area (Å²) in [5, 5.41) is 27.2. The number of rotatable bonds is 27. The molecule has 0 aliphatic rings. The van der Waals surface area contributed by atoms with E-state index in [1.807, 2.05) is 68.4 Å². The number of nitrogens with one attached hydrogen (secondary N) is 7. The van der Waals surface area contributed by atoms with Crippen LogP contribution in [0, 0.1) is 17.8 Å². The van der Waals surface area contributed by atoms with E-state index in [0.717, 1.165) is 22.0 Å². The third-order valence-corrected chi connectivity index (χ3v) is 11.6. The molecule has 2 heterocycles. The minimum atomic E-state index is -1.27. The number of aliphatic carboxylic acids is 1. The molecule has 4 aromatic rings. The first kappa shape index (κ1) is 54.0. The predicted molar refractivity (Wildman–Crippen MR) is 259 cm³/mol. The van der Waals surface area contributed by atoms with E-state index < -0.39 is 95.5 Å². The molecule has 12 N–H and O–H groups in total. The lowest BCUT2D eigenvalue weighted by Gasteiger charge is -2.30. The standard InChI is InChI=1S/C50H70N10O8/c1-29(2)23-41(50(67)68)58-45(62)38(20-12-13-21-51)55-48(65)42(30(3)4)60-49(66)43(31(5)6)59-47(64)40(25-33-17-14-22-53-27-33)57-46(63)39(24-32-15-8-7-9-16-32)56-44(61)36(52)26-34-28-54-37-19-11-10-18-35(34)37/h7-11,14-19,22,27-31,36,38-43,54H,12-13,20-21,23-26,51-52H2,1-6H3,(H,55,65)(H,56,61)(H,57,63)(H,58,62)(H,59,64)(H,60,66)(H,67,68)/t36-,38-,39-,40+,41-,42-,43-/m1/s1. The highest BCUT2D eigenvalue weighted by Crippen LogP contribution is 2.19. The van der Waals surface area contributed by atoms with Gasteiger partial charge in [0.05, 0.1) is 6.04 Å². The first-order valence-electron chi connectivity index (χ1n) is 23.4. The van der Waals surface area contributed by atoms with E-state index in [4.69, 9.17) is 11.5 Å². The highest BCUT2D eigenvalue weighted by molar-refractivity contribution is 5.97. The van der Waals surface area contributed by atoms with E-state index in [9.17, 15) is 38.7 Å². The van der Waals surface area contributed by atoms with E-state index >= 15 is 0 Å². The summed E-state index contributed by atoms with van der Waals surface area (Å²) in [5.41, 5.74) is 15.2.